The number of aliphatic hydroxyl groups is 1. The average molecular weight is 420 g/mol. The predicted molar refractivity (Wildman–Crippen MR) is 127 cm³/mol. The third-order valence-corrected chi connectivity index (χ3v) is 5.22. The number of rotatable bonds is 9. The van der Waals surface area contributed by atoms with Crippen molar-refractivity contribution < 1.29 is 5.11 Å². The van der Waals surface area contributed by atoms with E-state index in [-0.39, 0.29) is 6.54 Å². The van der Waals surface area contributed by atoms with Crippen LogP contribution in [0.25, 0.3) is 5.69 Å². The van der Waals surface area contributed by atoms with Gasteiger partial charge in [0.25, 0.3) is 0 Å². The highest BCUT2D eigenvalue weighted by molar-refractivity contribution is 5.79. The van der Waals surface area contributed by atoms with Gasteiger partial charge in [-0.3, -0.25) is 0 Å². The molecule has 6 heteroatoms. The van der Waals surface area contributed by atoms with Crippen molar-refractivity contribution in [1.29, 1.82) is 0 Å². The van der Waals surface area contributed by atoms with Gasteiger partial charge in [-0.2, -0.15) is 5.10 Å². The Kier molecular flexibility index (Phi) is 7.84. The van der Waals surface area contributed by atoms with Gasteiger partial charge in [0.05, 0.1) is 17.9 Å². The number of nitrogens with zero attached hydrogens (tertiary/aromatic N) is 3. The van der Waals surface area contributed by atoms with Gasteiger partial charge >= 0.3 is 0 Å². The first kappa shape index (κ1) is 22.6. The highest BCUT2D eigenvalue weighted by Gasteiger charge is 2.22. The van der Waals surface area contributed by atoms with Crippen molar-refractivity contribution in [2.45, 2.75) is 39.2 Å². The highest BCUT2D eigenvalue weighted by Crippen LogP contribution is 2.20. The van der Waals surface area contributed by atoms with E-state index in [0.717, 1.165) is 48.8 Å². The van der Waals surface area contributed by atoms with Crippen LogP contribution in [-0.4, -0.2) is 40.5 Å². The van der Waals surface area contributed by atoms with Crippen LogP contribution in [0.3, 0.4) is 0 Å². The normalized spacial score (nSPS) is 13.6. The molecule has 1 atom stereocenters. The minimum Gasteiger partial charge on any atom is -0.384 e. The molecule has 31 heavy (non-hydrogen) atoms. The van der Waals surface area contributed by atoms with E-state index in [1.54, 1.807) is 6.92 Å². The quantitative estimate of drug-likeness (QED) is 0.282. The molecule has 3 N–H and O–H groups in total. The van der Waals surface area contributed by atoms with Crippen LogP contribution in [0.1, 0.15) is 37.1 Å². The second-order valence-electron chi connectivity index (χ2n) is 7.89. The number of guanidine groups is 1. The van der Waals surface area contributed by atoms with Gasteiger partial charge in [0.15, 0.2) is 5.96 Å². The zero-order valence-electron chi connectivity index (χ0n) is 18.7. The van der Waals surface area contributed by atoms with Crippen LogP contribution in [0.5, 0.6) is 0 Å². The van der Waals surface area contributed by atoms with Crippen molar-refractivity contribution in [3.05, 3.63) is 83.7 Å². The zero-order valence-corrected chi connectivity index (χ0v) is 18.7. The lowest BCUT2D eigenvalue weighted by atomic mass is 9.96. The fourth-order valence-corrected chi connectivity index (χ4v) is 3.40. The lowest BCUT2D eigenvalue weighted by molar-refractivity contribution is 0.0672. The molecule has 0 radical (unpaired) electrons. The largest absolute Gasteiger partial charge is 0.384 e. The number of aryl methyl sites for hydroxylation is 2. The summed E-state index contributed by atoms with van der Waals surface area (Å²) in [6, 6.07) is 19.8. The SMILES string of the molecule is CCNC(=NCC(C)(O)c1ccccc1)NCCCc1cn(-c2ccccc2)nc1C. The number of hydrogen-bond donors (Lipinski definition) is 3. The molecule has 0 aliphatic carbocycles. The molecule has 1 heterocycles. The van der Waals surface area contributed by atoms with E-state index in [4.69, 9.17) is 0 Å². The fraction of sp³-hybridized carbons (Fsp3) is 0.360. The van der Waals surface area contributed by atoms with Crippen molar-refractivity contribution in [2.24, 2.45) is 4.99 Å². The highest BCUT2D eigenvalue weighted by atomic mass is 16.3. The number of aromatic nitrogens is 2. The predicted octanol–water partition coefficient (Wildman–Crippen LogP) is 3.58. The van der Waals surface area contributed by atoms with Crippen LogP contribution in [0.4, 0.5) is 0 Å². The molecule has 2 aromatic carbocycles. The van der Waals surface area contributed by atoms with Crippen LogP contribution in [0, 0.1) is 6.92 Å². The van der Waals surface area contributed by atoms with Crippen LogP contribution < -0.4 is 10.6 Å². The van der Waals surface area contributed by atoms with Gasteiger partial charge in [-0.05, 0) is 56.9 Å². The van der Waals surface area contributed by atoms with Crippen LogP contribution in [-0.2, 0) is 12.0 Å². The molecule has 164 valence electrons. The summed E-state index contributed by atoms with van der Waals surface area (Å²) < 4.78 is 1.94. The number of para-hydroxylation sites is 1. The van der Waals surface area contributed by atoms with Gasteiger partial charge in [0, 0.05) is 19.3 Å². The summed E-state index contributed by atoms with van der Waals surface area (Å²) in [5, 5.41) is 22.0. The molecule has 1 aromatic heterocycles. The summed E-state index contributed by atoms with van der Waals surface area (Å²) in [6.07, 6.45) is 4.01. The maximum atomic E-state index is 10.8. The van der Waals surface area contributed by atoms with Crippen molar-refractivity contribution >= 4 is 5.96 Å². The minimum atomic E-state index is -1.01. The Morgan fingerprint density at radius 3 is 2.42 bits per heavy atom. The van der Waals surface area contributed by atoms with Gasteiger partial charge < -0.3 is 15.7 Å². The molecule has 0 bridgehead atoms. The smallest absolute Gasteiger partial charge is 0.191 e. The van der Waals surface area contributed by atoms with Crippen molar-refractivity contribution in [1.82, 2.24) is 20.4 Å². The topological polar surface area (TPSA) is 74.5 Å². The summed E-state index contributed by atoms with van der Waals surface area (Å²) in [7, 11) is 0. The molecular formula is C25H33N5O. The summed E-state index contributed by atoms with van der Waals surface area (Å²) >= 11 is 0. The third kappa shape index (κ3) is 6.43. The molecular weight excluding hydrogens is 386 g/mol. The lowest BCUT2D eigenvalue weighted by Gasteiger charge is -2.22. The molecule has 0 aliphatic heterocycles. The van der Waals surface area contributed by atoms with E-state index in [9.17, 15) is 5.11 Å². The van der Waals surface area contributed by atoms with Crippen LogP contribution in [0.2, 0.25) is 0 Å². The molecule has 0 aliphatic rings. The second kappa shape index (κ2) is 10.8. The molecule has 0 amide bonds. The molecule has 3 aromatic rings. The lowest BCUT2D eigenvalue weighted by Crippen LogP contribution is -2.39. The Bertz CT molecular complexity index is 964. The first-order valence-electron chi connectivity index (χ1n) is 10.9. The summed E-state index contributed by atoms with van der Waals surface area (Å²) in [5.74, 6) is 0.718. The third-order valence-electron chi connectivity index (χ3n) is 5.22. The molecule has 6 nitrogen and oxygen atoms in total. The van der Waals surface area contributed by atoms with Gasteiger partial charge in [-0.15, -0.1) is 0 Å². The molecule has 0 spiro atoms. The Morgan fingerprint density at radius 1 is 1.06 bits per heavy atom. The first-order valence-corrected chi connectivity index (χ1v) is 10.9. The monoisotopic (exact) mass is 419 g/mol. The van der Waals surface area contributed by atoms with Gasteiger partial charge in [-0.1, -0.05) is 48.5 Å². The van der Waals surface area contributed by atoms with Gasteiger partial charge in [0.1, 0.15) is 5.60 Å². The van der Waals surface area contributed by atoms with Crippen LogP contribution >= 0.6 is 0 Å². The fourth-order valence-electron chi connectivity index (χ4n) is 3.40. The Balaban J connectivity index is 1.53. The number of nitrogens with one attached hydrogen (secondary N) is 2. The number of hydrogen-bond acceptors (Lipinski definition) is 3. The number of aliphatic imine (C=N–C) groups is 1. The Morgan fingerprint density at radius 2 is 1.74 bits per heavy atom. The van der Waals surface area contributed by atoms with Crippen molar-refractivity contribution in [3.63, 3.8) is 0 Å². The van der Waals surface area contributed by atoms with E-state index in [2.05, 4.69) is 46.0 Å². The molecule has 3 rings (SSSR count). The average Bonchev–Trinajstić information content (AvgIpc) is 3.16. The standard InChI is InChI=1S/C25H33N5O/c1-4-26-24(28-19-25(3,31)22-13-7-5-8-14-22)27-17-11-12-21-18-30(29-20(21)2)23-15-9-6-10-16-23/h5-10,13-16,18,31H,4,11-12,17,19H2,1-3H3,(H2,26,27,28). The van der Waals surface area contributed by atoms with Crippen molar-refractivity contribution in [2.75, 3.05) is 19.6 Å². The van der Waals surface area contributed by atoms with E-state index >= 15 is 0 Å². The van der Waals surface area contributed by atoms with E-state index in [1.165, 1.54) is 5.56 Å². The van der Waals surface area contributed by atoms with E-state index < -0.39 is 5.60 Å². The first-order chi connectivity index (χ1) is 15.0. The Labute approximate surface area is 185 Å². The maximum absolute atomic E-state index is 10.8. The van der Waals surface area contributed by atoms with Gasteiger partial charge in [0.2, 0.25) is 0 Å². The molecule has 0 saturated heterocycles. The maximum Gasteiger partial charge on any atom is 0.191 e. The Hall–Kier alpha value is -3.12. The summed E-state index contributed by atoms with van der Waals surface area (Å²) in [6.45, 7) is 7.72. The van der Waals surface area contributed by atoms with E-state index in [1.807, 2.05) is 60.1 Å². The van der Waals surface area contributed by atoms with E-state index in [0.29, 0.717) is 0 Å². The minimum absolute atomic E-state index is 0.287. The summed E-state index contributed by atoms with van der Waals surface area (Å²) in [4.78, 5) is 4.60. The molecule has 0 fully saturated rings. The van der Waals surface area contributed by atoms with Gasteiger partial charge in [-0.25, -0.2) is 9.67 Å². The molecule has 0 saturated carbocycles. The van der Waals surface area contributed by atoms with Crippen LogP contribution in [0.15, 0.2) is 71.9 Å². The zero-order chi connectivity index (χ0) is 22.1. The second-order valence-corrected chi connectivity index (χ2v) is 7.89. The van der Waals surface area contributed by atoms with Crippen molar-refractivity contribution in [3.8, 4) is 5.69 Å². The number of benzene rings is 2. The molecule has 1 unspecified atom stereocenters. The summed E-state index contributed by atoms with van der Waals surface area (Å²) in [5.41, 5.74) is 3.23.